The van der Waals surface area contributed by atoms with Gasteiger partial charge in [-0.3, -0.25) is 4.79 Å². The van der Waals surface area contributed by atoms with Crippen molar-refractivity contribution < 1.29 is 15.0 Å². The van der Waals surface area contributed by atoms with Crippen molar-refractivity contribution in [3.8, 4) is 5.75 Å². The molecule has 0 amide bonds. The van der Waals surface area contributed by atoms with Crippen molar-refractivity contribution in [3.05, 3.63) is 58.0 Å². The van der Waals surface area contributed by atoms with Gasteiger partial charge in [0, 0.05) is 12.6 Å². The maximum absolute atomic E-state index is 11.5. The van der Waals surface area contributed by atoms with Crippen LogP contribution in [0.4, 0.5) is 0 Å². The van der Waals surface area contributed by atoms with Crippen LogP contribution in [0.5, 0.6) is 5.75 Å². The molecular formula is C16H15N3O4. The molecule has 0 unspecified atom stereocenters. The molecule has 0 bridgehead atoms. The number of carbonyl (C=O) groups is 1. The van der Waals surface area contributed by atoms with E-state index >= 15 is 0 Å². The van der Waals surface area contributed by atoms with Gasteiger partial charge in [0.1, 0.15) is 11.4 Å². The van der Waals surface area contributed by atoms with E-state index in [1.54, 1.807) is 0 Å². The van der Waals surface area contributed by atoms with Crippen molar-refractivity contribution in [3.63, 3.8) is 0 Å². The normalized spacial score (nSPS) is 11.0. The lowest BCUT2D eigenvalue weighted by molar-refractivity contribution is 0.0691. The van der Waals surface area contributed by atoms with Crippen LogP contribution in [-0.2, 0) is 13.0 Å². The number of rotatable bonds is 5. The Hall–Kier alpha value is -3.09. The summed E-state index contributed by atoms with van der Waals surface area (Å²) in [6.45, 7) is 0.429. The smallest absolute Gasteiger partial charge is 0.357 e. The van der Waals surface area contributed by atoms with Gasteiger partial charge in [-0.1, -0.05) is 30.3 Å². The zero-order valence-corrected chi connectivity index (χ0v) is 12.2. The number of aromatic carboxylic acids is 1. The highest BCUT2D eigenvalue weighted by molar-refractivity contribution is 6.02. The summed E-state index contributed by atoms with van der Waals surface area (Å²) in [5.74, 6) is -1.63. The Kier molecular flexibility index (Phi) is 3.84. The van der Waals surface area contributed by atoms with Crippen molar-refractivity contribution >= 4 is 17.0 Å². The first-order valence-electron chi connectivity index (χ1n) is 7.16. The fourth-order valence-corrected chi connectivity index (χ4v) is 2.57. The third-order valence-corrected chi connectivity index (χ3v) is 3.60. The monoisotopic (exact) mass is 313 g/mol. The number of fused-ring (bicyclic) bond motifs is 1. The Morgan fingerprint density at radius 2 is 2.00 bits per heavy atom. The number of aromatic nitrogens is 3. The predicted octanol–water partition coefficient (Wildman–Crippen LogP) is 1.76. The Labute approximate surface area is 130 Å². The Morgan fingerprint density at radius 3 is 2.70 bits per heavy atom. The maximum Gasteiger partial charge on any atom is 0.357 e. The minimum absolute atomic E-state index is 0.0526. The molecule has 3 N–H and O–H groups in total. The number of hydrogen-bond acceptors (Lipinski definition) is 4. The fraction of sp³-hybridized carbons (Fsp3) is 0.188. The minimum atomic E-state index is -1.25. The SMILES string of the molecule is O=C(O)c1nn(CCCc2ccccc2)c2[nH]c(=O)cc(O)c12. The number of benzene rings is 1. The number of pyridine rings is 1. The second-order valence-corrected chi connectivity index (χ2v) is 5.21. The van der Waals surface area contributed by atoms with Crippen LogP contribution in [0.15, 0.2) is 41.2 Å². The van der Waals surface area contributed by atoms with Gasteiger partial charge < -0.3 is 15.2 Å². The number of aromatic hydroxyl groups is 1. The Morgan fingerprint density at radius 1 is 1.26 bits per heavy atom. The number of nitrogens with one attached hydrogen (secondary N) is 1. The van der Waals surface area contributed by atoms with E-state index in [1.165, 1.54) is 10.2 Å². The van der Waals surface area contributed by atoms with E-state index in [9.17, 15) is 19.8 Å². The van der Waals surface area contributed by atoms with Gasteiger partial charge in [-0.05, 0) is 18.4 Å². The molecule has 0 aliphatic rings. The minimum Gasteiger partial charge on any atom is -0.507 e. The number of nitrogens with zero attached hydrogens (tertiary/aromatic N) is 2. The molecular weight excluding hydrogens is 298 g/mol. The van der Waals surface area contributed by atoms with Crippen molar-refractivity contribution in [2.75, 3.05) is 0 Å². The van der Waals surface area contributed by atoms with Crippen LogP contribution in [0.2, 0.25) is 0 Å². The van der Waals surface area contributed by atoms with Crippen LogP contribution < -0.4 is 5.56 Å². The van der Waals surface area contributed by atoms with E-state index in [0.29, 0.717) is 6.54 Å². The van der Waals surface area contributed by atoms with Crippen molar-refractivity contribution in [1.82, 2.24) is 14.8 Å². The number of aromatic amines is 1. The highest BCUT2D eigenvalue weighted by Crippen LogP contribution is 2.25. The predicted molar refractivity (Wildman–Crippen MR) is 83.7 cm³/mol. The summed E-state index contributed by atoms with van der Waals surface area (Å²) in [6, 6.07) is 10.8. The molecule has 7 nitrogen and oxygen atoms in total. The summed E-state index contributed by atoms with van der Waals surface area (Å²) in [5, 5.41) is 23.1. The van der Waals surface area contributed by atoms with Gasteiger partial charge in [0.25, 0.3) is 5.56 Å². The van der Waals surface area contributed by atoms with Crippen molar-refractivity contribution in [1.29, 1.82) is 0 Å². The molecule has 2 heterocycles. The standard InChI is InChI=1S/C16H15N3O4/c20-11-9-12(21)17-15-13(11)14(16(22)23)18-19(15)8-4-7-10-5-2-1-3-6-10/h1-3,5-6,9H,4,7-8H2,(H,22,23)(H2,17,20,21). The van der Waals surface area contributed by atoms with E-state index in [1.807, 2.05) is 30.3 Å². The molecule has 0 aliphatic heterocycles. The number of carboxylic acids is 1. The molecule has 0 spiro atoms. The van der Waals surface area contributed by atoms with E-state index in [4.69, 9.17) is 0 Å². The maximum atomic E-state index is 11.5. The second-order valence-electron chi connectivity index (χ2n) is 5.21. The van der Waals surface area contributed by atoms with Gasteiger partial charge >= 0.3 is 5.97 Å². The molecule has 0 aliphatic carbocycles. The molecule has 0 radical (unpaired) electrons. The van der Waals surface area contributed by atoms with E-state index in [-0.39, 0.29) is 22.5 Å². The molecule has 2 aromatic heterocycles. The van der Waals surface area contributed by atoms with Gasteiger partial charge in [-0.25, -0.2) is 9.48 Å². The lowest BCUT2D eigenvalue weighted by Crippen LogP contribution is -2.08. The molecule has 0 saturated heterocycles. The molecule has 118 valence electrons. The van der Waals surface area contributed by atoms with Crippen LogP contribution in [0, 0.1) is 0 Å². The van der Waals surface area contributed by atoms with Gasteiger partial charge in [0.2, 0.25) is 0 Å². The first-order valence-corrected chi connectivity index (χ1v) is 7.16. The van der Waals surface area contributed by atoms with Crippen molar-refractivity contribution in [2.24, 2.45) is 0 Å². The number of H-pyrrole nitrogens is 1. The number of hydrogen-bond donors (Lipinski definition) is 3. The van der Waals surface area contributed by atoms with Crippen molar-refractivity contribution in [2.45, 2.75) is 19.4 Å². The van der Waals surface area contributed by atoms with Crippen LogP contribution in [-0.4, -0.2) is 30.9 Å². The highest BCUT2D eigenvalue weighted by Gasteiger charge is 2.20. The molecule has 0 atom stereocenters. The summed E-state index contributed by atoms with van der Waals surface area (Å²) in [4.78, 5) is 25.4. The molecule has 0 saturated carbocycles. The van der Waals surface area contributed by atoms with Gasteiger partial charge in [-0.15, -0.1) is 0 Å². The van der Waals surface area contributed by atoms with Crippen LogP contribution >= 0.6 is 0 Å². The molecule has 1 aromatic carbocycles. The molecule has 0 fully saturated rings. The van der Waals surface area contributed by atoms with E-state index < -0.39 is 11.5 Å². The Bertz CT molecular complexity index is 912. The molecule has 3 aromatic rings. The third kappa shape index (κ3) is 2.94. The summed E-state index contributed by atoms with van der Waals surface area (Å²) in [7, 11) is 0. The average Bonchev–Trinajstić information content (AvgIpc) is 2.88. The third-order valence-electron chi connectivity index (χ3n) is 3.60. The summed E-state index contributed by atoms with van der Waals surface area (Å²) in [5.41, 5.74) is 0.615. The van der Waals surface area contributed by atoms with Gasteiger partial charge in [-0.2, -0.15) is 5.10 Å². The highest BCUT2D eigenvalue weighted by atomic mass is 16.4. The zero-order valence-electron chi connectivity index (χ0n) is 12.2. The van der Waals surface area contributed by atoms with Crippen LogP contribution in [0.3, 0.4) is 0 Å². The number of carboxylic acid groups (broad SMARTS) is 1. The molecule has 7 heteroatoms. The largest absolute Gasteiger partial charge is 0.507 e. The summed E-state index contributed by atoms with van der Waals surface area (Å²) < 4.78 is 1.42. The topological polar surface area (TPSA) is 108 Å². The summed E-state index contributed by atoms with van der Waals surface area (Å²) >= 11 is 0. The Balaban J connectivity index is 1.91. The molecule has 3 rings (SSSR count). The lowest BCUT2D eigenvalue weighted by Gasteiger charge is -2.04. The quantitative estimate of drug-likeness (QED) is 0.665. The lowest BCUT2D eigenvalue weighted by atomic mass is 10.1. The summed E-state index contributed by atoms with van der Waals surface area (Å²) in [6.07, 6.45) is 1.52. The first kappa shape index (κ1) is 14.8. The van der Waals surface area contributed by atoms with E-state index in [2.05, 4.69) is 10.1 Å². The zero-order chi connectivity index (χ0) is 16.4. The first-order chi connectivity index (χ1) is 11.1. The van der Waals surface area contributed by atoms with Crippen LogP contribution in [0.1, 0.15) is 22.5 Å². The molecule has 23 heavy (non-hydrogen) atoms. The average molecular weight is 313 g/mol. The number of aryl methyl sites for hydroxylation is 2. The van der Waals surface area contributed by atoms with Crippen LogP contribution in [0.25, 0.3) is 11.0 Å². The van der Waals surface area contributed by atoms with Gasteiger partial charge in [0.05, 0.1) is 5.39 Å². The van der Waals surface area contributed by atoms with E-state index in [0.717, 1.165) is 18.9 Å². The van der Waals surface area contributed by atoms with Gasteiger partial charge in [0.15, 0.2) is 5.69 Å². The fourth-order valence-electron chi connectivity index (χ4n) is 2.57. The second kappa shape index (κ2) is 5.96.